The zero-order valence-electron chi connectivity index (χ0n) is 17.0. The number of benzene rings is 2. The van der Waals surface area contributed by atoms with Crippen LogP contribution >= 0.6 is 0 Å². The molecule has 1 N–H and O–H groups in total. The minimum absolute atomic E-state index is 0.113. The largest absolute Gasteiger partial charge is 0.508 e. The maximum Gasteiger partial charge on any atom is 0.254 e. The van der Waals surface area contributed by atoms with E-state index in [0.29, 0.717) is 24.3 Å². The number of likely N-dealkylation sites (tertiary alicyclic amines) is 1. The number of carbonyl (C=O) groups excluding carboxylic acids is 1. The molecule has 3 atom stereocenters. The number of carbonyl (C=O) groups is 1. The summed E-state index contributed by atoms with van der Waals surface area (Å²) in [5.74, 6) is 2.02. The Morgan fingerprint density at radius 3 is 2.59 bits per heavy atom. The fourth-order valence-corrected chi connectivity index (χ4v) is 5.88. The molecule has 5 heteroatoms. The van der Waals surface area contributed by atoms with Crippen LogP contribution in [0.25, 0.3) is 0 Å². The lowest BCUT2D eigenvalue weighted by Crippen LogP contribution is -2.60. The van der Waals surface area contributed by atoms with Gasteiger partial charge in [-0.3, -0.25) is 9.69 Å². The first kappa shape index (κ1) is 18.5. The van der Waals surface area contributed by atoms with Gasteiger partial charge in [-0.2, -0.15) is 0 Å². The molecule has 29 heavy (non-hydrogen) atoms. The Morgan fingerprint density at radius 2 is 1.90 bits per heavy atom. The van der Waals surface area contributed by atoms with E-state index < -0.39 is 0 Å². The number of hydrogen-bond donors (Lipinski definition) is 1. The van der Waals surface area contributed by atoms with Crippen molar-refractivity contribution in [2.24, 2.45) is 5.92 Å². The average molecular weight is 392 g/mol. The van der Waals surface area contributed by atoms with Crippen molar-refractivity contribution in [1.29, 1.82) is 0 Å². The van der Waals surface area contributed by atoms with Gasteiger partial charge in [-0.25, -0.2) is 0 Å². The molecule has 4 aliphatic heterocycles. The Balaban J connectivity index is 1.51. The van der Waals surface area contributed by atoms with Crippen molar-refractivity contribution in [2.75, 3.05) is 26.7 Å². The van der Waals surface area contributed by atoms with Gasteiger partial charge in [0.1, 0.15) is 11.5 Å². The highest BCUT2D eigenvalue weighted by atomic mass is 16.5. The summed E-state index contributed by atoms with van der Waals surface area (Å²) in [6, 6.07) is 13.9. The van der Waals surface area contributed by atoms with Crippen molar-refractivity contribution in [2.45, 2.75) is 37.8 Å². The quantitative estimate of drug-likeness (QED) is 0.870. The molecule has 0 radical (unpaired) electrons. The molecular weight excluding hydrogens is 364 g/mol. The van der Waals surface area contributed by atoms with Gasteiger partial charge in [-0.1, -0.05) is 12.1 Å². The first-order chi connectivity index (χ1) is 14.1. The molecule has 0 unspecified atom stereocenters. The number of phenols is 1. The second kappa shape index (κ2) is 7.06. The number of methoxy groups -OCH3 is 1. The maximum absolute atomic E-state index is 13.6. The smallest absolute Gasteiger partial charge is 0.254 e. The molecule has 2 aromatic rings. The number of phenolic OH excluding ortho intramolecular Hbond substituents is 1. The van der Waals surface area contributed by atoms with Gasteiger partial charge in [0.25, 0.3) is 5.91 Å². The van der Waals surface area contributed by atoms with Gasteiger partial charge in [-0.05, 0) is 80.2 Å². The van der Waals surface area contributed by atoms with Crippen LogP contribution in [0.5, 0.6) is 11.5 Å². The molecule has 152 valence electrons. The predicted molar refractivity (Wildman–Crippen MR) is 111 cm³/mol. The van der Waals surface area contributed by atoms with Gasteiger partial charge in [0, 0.05) is 24.1 Å². The second-order valence-electron chi connectivity index (χ2n) is 8.70. The molecule has 4 aliphatic rings. The minimum atomic E-state index is 0.113. The number of aromatic hydroxyl groups is 1. The van der Waals surface area contributed by atoms with Crippen LogP contribution in [0.2, 0.25) is 0 Å². The van der Waals surface area contributed by atoms with E-state index in [1.165, 1.54) is 12.8 Å². The van der Waals surface area contributed by atoms with Crippen molar-refractivity contribution >= 4 is 5.91 Å². The molecular formula is C24H28N2O3. The van der Waals surface area contributed by atoms with Crippen LogP contribution in [0.3, 0.4) is 0 Å². The van der Waals surface area contributed by atoms with Gasteiger partial charge < -0.3 is 14.7 Å². The summed E-state index contributed by atoms with van der Waals surface area (Å²) in [5, 5.41) is 10.0. The number of aryl methyl sites for hydroxylation is 1. The highest BCUT2D eigenvalue weighted by molar-refractivity contribution is 5.95. The van der Waals surface area contributed by atoms with Gasteiger partial charge in [0.05, 0.1) is 13.2 Å². The van der Waals surface area contributed by atoms with E-state index in [1.807, 2.05) is 37.3 Å². The molecule has 0 saturated carbocycles. The van der Waals surface area contributed by atoms with Crippen molar-refractivity contribution in [3.8, 4) is 11.5 Å². The minimum Gasteiger partial charge on any atom is -0.508 e. The first-order valence-corrected chi connectivity index (χ1v) is 10.6. The molecule has 0 spiro atoms. The molecule has 0 aromatic heterocycles. The van der Waals surface area contributed by atoms with Crippen LogP contribution in [0.15, 0.2) is 42.5 Å². The third-order valence-corrected chi connectivity index (χ3v) is 7.20. The molecule has 2 bridgehead atoms. The van der Waals surface area contributed by atoms with E-state index in [-0.39, 0.29) is 17.9 Å². The van der Waals surface area contributed by atoms with Crippen LogP contribution in [0.1, 0.15) is 40.2 Å². The summed E-state index contributed by atoms with van der Waals surface area (Å²) in [5.41, 5.74) is 2.84. The lowest BCUT2D eigenvalue weighted by Gasteiger charge is -2.51. The fourth-order valence-electron chi connectivity index (χ4n) is 5.88. The lowest BCUT2D eigenvalue weighted by atomic mass is 9.75. The van der Waals surface area contributed by atoms with E-state index in [1.54, 1.807) is 13.2 Å². The van der Waals surface area contributed by atoms with Crippen molar-refractivity contribution in [3.63, 3.8) is 0 Å². The summed E-state index contributed by atoms with van der Waals surface area (Å²) >= 11 is 0. The number of nitrogens with zero attached hydrogens (tertiary/aromatic N) is 2. The first-order valence-electron chi connectivity index (χ1n) is 10.6. The van der Waals surface area contributed by atoms with Gasteiger partial charge in [0.15, 0.2) is 0 Å². The van der Waals surface area contributed by atoms with Crippen LogP contribution in [-0.4, -0.2) is 59.6 Å². The van der Waals surface area contributed by atoms with Crippen LogP contribution < -0.4 is 4.74 Å². The third kappa shape index (κ3) is 2.99. The Hall–Kier alpha value is -2.53. The van der Waals surface area contributed by atoms with Gasteiger partial charge in [-0.15, -0.1) is 0 Å². The molecule has 4 saturated heterocycles. The van der Waals surface area contributed by atoms with Crippen LogP contribution in [0, 0.1) is 12.8 Å². The van der Waals surface area contributed by atoms with E-state index >= 15 is 0 Å². The standard InChI is InChI=1S/C24H28N2O3/c1-15-12-18(6-7-21(15)29-2)24(28)26-14-20(17-4-3-5-19(27)13-17)23-22(26)16-8-10-25(23)11-9-16/h3-7,12-13,16,20,22-23,27H,8-11,14H2,1-2H3/t20-,22+,23+/m1/s1. The topological polar surface area (TPSA) is 53.0 Å². The van der Waals surface area contributed by atoms with Gasteiger partial charge >= 0.3 is 0 Å². The highest BCUT2D eigenvalue weighted by Gasteiger charge is 2.54. The summed E-state index contributed by atoms with van der Waals surface area (Å²) in [6.07, 6.45) is 2.33. The zero-order valence-corrected chi connectivity index (χ0v) is 17.0. The monoisotopic (exact) mass is 392 g/mol. The van der Waals surface area contributed by atoms with Crippen LogP contribution in [-0.2, 0) is 0 Å². The molecule has 0 aliphatic carbocycles. The molecule has 4 heterocycles. The third-order valence-electron chi connectivity index (χ3n) is 7.20. The number of hydrogen-bond acceptors (Lipinski definition) is 4. The average Bonchev–Trinajstić information content (AvgIpc) is 3.17. The Labute approximate surface area is 171 Å². The van der Waals surface area contributed by atoms with E-state index in [2.05, 4.69) is 15.9 Å². The predicted octanol–water partition coefficient (Wildman–Crippen LogP) is 3.41. The fraction of sp³-hybridized carbons (Fsp3) is 0.458. The van der Waals surface area contributed by atoms with Crippen LogP contribution in [0.4, 0.5) is 0 Å². The molecule has 4 fully saturated rings. The summed E-state index contributed by atoms with van der Waals surface area (Å²) in [6.45, 7) is 4.91. The summed E-state index contributed by atoms with van der Waals surface area (Å²) < 4.78 is 5.36. The zero-order chi connectivity index (χ0) is 20.1. The highest BCUT2D eigenvalue weighted by Crippen LogP contribution is 2.47. The Morgan fingerprint density at radius 1 is 1.10 bits per heavy atom. The maximum atomic E-state index is 13.6. The Bertz CT molecular complexity index is 935. The van der Waals surface area contributed by atoms with E-state index in [9.17, 15) is 9.90 Å². The van der Waals surface area contributed by atoms with E-state index in [0.717, 1.165) is 35.5 Å². The summed E-state index contributed by atoms with van der Waals surface area (Å²) in [7, 11) is 1.65. The number of ether oxygens (including phenoxy) is 1. The number of piperidine rings is 3. The van der Waals surface area contributed by atoms with Gasteiger partial charge in [0.2, 0.25) is 0 Å². The summed E-state index contributed by atoms with van der Waals surface area (Å²) in [4.78, 5) is 18.3. The van der Waals surface area contributed by atoms with E-state index in [4.69, 9.17) is 4.74 Å². The van der Waals surface area contributed by atoms with Crippen molar-refractivity contribution in [1.82, 2.24) is 9.80 Å². The molecule has 6 rings (SSSR count). The SMILES string of the molecule is COc1ccc(C(=O)N2C[C@H](c3cccc(O)c3)[C@H]3[C@@H]2C2CCN3CC2)cc1C. The molecule has 2 aromatic carbocycles. The number of rotatable bonds is 3. The van der Waals surface area contributed by atoms with Crippen molar-refractivity contribution < 1.29 is 14.6 Å². The Kier molecular flexibility index (Phi) is 4.50. The number of fused-ring (bicyclic) bond motifs is 2. The molecule has 5 nitrogen and oxygen atoms in total. The number of amides is 1. The normalized spacial score (nSPS) is 30.3. The van der Waals surface area contributed by atoms with Crippen molar-refractivity contribution in [3.05, 3.63) is 59.2 Å². The molecule has 1 amide bonds. The second-order valence-corrected chi connectivity index (χ2v) is 8.70. The lowest BCUT2D eigenvalue weighted by molar-refractivity contribution is -0.00342.